The van der Waals surface area contributed by atoms with Gasteiger partial charge in [-0.1, -0.05) is 0 Å². The third-order valence-corrected chi connectivity index (χ3v) is 5.71. The van der Waals surface area contributed by atoms with Crippen molar-refractivity contribution < 1.29 is 17.9 Å². The monoisotopic (exact) mass is 411 g/mol. The number of anilines is 2. The number of aromatic nitrogens is 3. The lowest BCUT2D eigenvalue weighted by molar-refractivity contribution is -0.0793. The number of alkyl halides is 2. The Morgan fingerprint density at radius 2 is 2.00 bits per heavy atom. The van der Waals surface area contributed by atoms with Crippen molar-refractivity contribution in [2.24, 2.45) is 0 Å². The number of aryl methyl sites for hydroxylation is 1. The van der Waals surface area contributed by atoms with E-state index in [1.54, 1.807) is 0 Å². The fourth-order valence-corrected chi connectivity index (χ4v) is 4.35. The average Bonchev–Trinajstić information content (AvgIpc) is 3.14. The van der Waals surface area contributed by atoms with Crippen LogP contribution in [0.15, 0.2) is 34.7 Å². The summed E-state index contributed by atoms with van der Waals surface area (Å²) in [5.74, 6) is -1.06. The van der Waals surface area contributed by atoms with Crippen LogP contribution in [0.1, 0.15) is 19.3 Å². The summed E-state index contributed by atoms with van der Waals surface area (Å²) in [6.45, 7) is 1.35. The Hall–Kier alpha value is -3.36. The predicted octanol–water partition coefficient (Wildman–Crippen LogP) is 4.42. The molecule has 0 saturated heterocycles. The number of ether oxygens (including phenoxy) is 1. The Labute approximate surface area is 169 Å². The molecular weight excluding hydrogens is 392 g/mol. The summed E-state index contributed by atoms with van der Waals surface area (Å²) in [7, 11) is 0. The van der Waals surface area contributed by atoms with Gasteiger partial charge in [0.25, 0.3) is 11.9 Å². The smallest absolute Gasteiger partial charge is 0.292 e. The van der Waals surface area contributed by atoms with E-state index in [-0.39, 0.29) is 24.9 Å². The molecule has 7 nitrogen and oxygen atoms in total. The third kappa shape index (κ3) is 2.76. The molecule has 4 aromatic rings. The molecule has 1 aliphatic heterocycles. The molecule has 0 bridgehead atoms. The summed E-state index contributed by atoms with van der Waals surface area (Å²) < 4.78 is 39.9. The molecule has 0 atom stereocenters. The Morgan fingerprint density at radius 3 is 2.83 bits per heavy atom. The van der Waals surface area contributed by atoms with Gasteiger partial charge in [0.2, 0.25) is 0 Å². The number of rotatable bonds is 3. The van der Waals surface area contributed by atoms with E-state index in [4.69, 9.17) is 19.9 Å². The first-order valence-corrected chi connectivity index (χ1v) is 9.93. The van der Waals surface area contributed by atoms with Crippen LogP contribution in [0.25, 0.3) is 33.5 Å². The maximum atomic E-state index is 13.2. The van der Waals surface area contributed by atoms with Gasteiger partial charge in [-0.05, 0) is 30.7 Å². The molecule has 1 aliphatic carbocycles. The van der Waals surface area contributed by atoms with Crippen molar-refractivity contribution in [3.63, 3.8) is 0 Å². The van der Waals surface area contributed by atoms with Gasteiger partial charge in [0.15, 0.2) is 5.58 Å². The molecule has 0 amide bonds. The van der Waals surface area contributed by atoms with Crippen LogP contribution in [0.5, 0.6) is 5.75 Å². The predicted molar refractivity (Wildman–Crippen MR) is 109 cm³/mol. The van der Waals surface area contributed by atoms with Crippen LogP contribution in [0.2, 0.25) is 0 Å². The van der Waals surface area contributed by atoms with Gasteiger partial charge in [-0.3, -0.25) is 0 Å². The molecule has 3 heterocycles. The van der Waals surface area contributed by atoms with Gasteiger partial charge in [0.1, 0.15) is 22.6 Å². The number of fused-ring (bicyclic) bond motifs is 1. The zero-order chi connectivity index (χ0) is 20.5. The molecule has 9 heteroatoms. The number of nitrogens with one attached hydrogen (secondary N) is 1. The fourth-order valence-electron chi connectivity index (χ4n) is 4.35. The van der Waals surface area contributed by atoms with E-state index in [2.05, 4.69) is 14.9 Å². The van der Waals surface area contributed by atoms with Crippen molar-refractivity contribution in [3.8, 4) is 17.1 Å². The lowest BCUT2D eigenvalue weighted by Crippen LogP contribution is -2.44. The number of halogens is 2. The minimum absolute atomic E-state index is 0.126. The number of oxazole rings is 1. The molecule has 154 valence electrons. The molecule has 2 aliphatic rings. The van der Waals surface area contributed by atoms with Crippen molar-refractivity contribution in [1.82, 2.24) is 14.5 Å². The van der Waals surface area contributed by atoms with Crippen LogP contribution in [-0.2, 0) is 6.54 Å². The van der Waals surface area contributed by atoms with Crippen molar-refractivity contribution >= 4 is 33.8 Å². The van der Waals surface area contributed by atoms with Crippen molar-refractivity contribution in [3.05, 3.63) is 30.3 Å². The highest BCUT2D eigenvalue weighted by Crippen LogP contribution is 2.41. The molecule has 6 rings (SSSR count). The maximum Gasteiger partial charge on any atom is 0.292 e. The highest BCUT2D eigenvalue weighted by Gasteiger charge is 2.45. The quantitative estimate of drug-likeness (QED) is 0.519. The lowest BCUT2D eigenvalue weighted by Gasteiger charge is -2.36. The Kier molecular flexibility index (Phi) is 3.54. The molecule has 30 heavy (non-hydrogen) atoms. The molecule has 3 N–H and O–H groups in total. The van der Waals surface area contributed by atoms with E-state index >= 15 is 0 Å². The van der Waals surface area contributed by atoms with Crippen molar-refractivity contribution in [2.45, 2.75) is 37.8 Å². The van der Waals surface area contributed by atoms with E-state index in [1.165, 1.54) is 0 Å². The van der Waals surface area contributed by atoms with Gasteiger partial charge in [0.05, 0.1) is 12.1 Å². The van der Waals surface area contributed by atoms with Crippen molar-refractivity contribution in [1.29, 1.82) is 0 Å². The Morgan fingerprint density at radius 1 is 1.13 bits per heavy atom. The lowest BCUT2D eigenvalue weighted by atomic mass is 9.88. The molecule has 1 saturated carbocycles. The second-order valence-corrected chi connectivity index (χ2v) is 7.97. The fraction of sp³-hybridized carbons (Fsp3) is 0.333. The molecule has 2 aromatic heterocycles. The van der Waals surface area contributed by atoms with Crippen LogP contribution in [-0.4, -0.2) is 33.1 Å². The molecule has 1 fully saturated rings. The van der Waals surface area contributed by atoms with E-state index in [0.717, 1.165) is 41.1 Å². The number of nitrogens with two attached hydrogens (primary N) is 1. The highest BCUT2D eigenvalue weighted by atomic mass is 19.3. The second-order valence-electron chi connectivity index (χ2n) is 7.97. The van der Waals surface area contributed by atoms with Gasteiger partial charge in [0, 0.05) is 42.7 Å². The summed E-state index contributed by atoms with van der Waals surface area (Å²) in [5.41, 5.74) is 10.3. The van der Waals surface area contributed by atoms with Crippen molar-refractivity contribution in [2.75, 3.05) is 17.7 Å². The van der Waals surface area contributed by atoms with Gasteiger partial charge in [-0.2, -0.15) is 4.98 Å². The second kappa shape index (κ2) is 6.07. The number of nitrogens with zero attached hydrogens (tertiary/aromatic N) is 3. The number of nitrogen functional groups attached to an aromatic ring is 1. The number of imidazole rings is 1. The molecule has 0 radical (unpaired) electrons. The third-order valence-electron chi connectivity index (χ3n) is 5.71. The standard InChI is InChI=1S/C21H19F2N5O2/c22-21(23)9-13(10-21)25-12-7-15-18-17(8-12)29-5-1-4-28(18)19(26-15)11-2-3-16-14(6-11)27-20(24)30-16/h2-3,6-8,13,25H,1,4-5,9-10H2,(H2,24,27). The zero-order valence-corrected chi connectivity index (χ0v) is 16.0. The molecular formula is C21H19F2N5O2. The van der Waals surface area contributed by atoms with E-state index in [1.807, 2.05) is 30.3 Å². The van der Waals surface area contributed by atoms with Crippen LogP contribution in [0.4, 0.5) is 20.5 Å². The van der Waals surface area contributed by atoms with Gasteiger partial charge in [-0.25, -0.2) is 13.8 Å². The molecule has 0 spiro atoms. The first-order valence-electron chi connectivity index (χ1n) is 9.93. The SMILES string of the molecule is Nc1nc2cc(-c3nc4cc(NC5CC(F)(F)C5)cc5c4n3CCCO5)ccc2o1. The Bertz CT molecular complexity index is 1290. The number of hydrogen-bond acceptors (Lipinski definition) is 6. The average molecular weight is 411 g/mol. The molecule has 2 aromatic carbocycles. The minimum Gasteiger partial charge on any atom is -0.491 e. The van der Waals surface area contributed by atoms with Crippen LogP contribution >= 0.6 is 0 Å². The van der Waals surface area contributed by atoms with Gasteiger partial charge < -0.3 is 24.8 Å². The summed E-state index contributed by atoms with van der Waals surface area (Å²) in [5, 5.41) is 3.20. The Balaban J connectivity index is 1.45. The van der Waals surface area contributed by atoms with E-state index < -0.39 is 5.92 Å². The van der Waals surface area contributed by atoms with E-state index in [0.29, 0.717) is 23.5 Å². The first-order chi connectivity index (χ1) is 14.4. The van der Waals surface area contributed by atoms with Gasteiger partial charge >= 0.3 is 0 Å². The number of hydrogen-bond donors (Lipinski definition) is 2. The summed E-state index contributed by atoms with van der Waals surface area (Å²) in [4.78, 5) is 9.07. The maximum absolute atomic E-state index is 13.2. The van der Waals surface area contributed by atoms with Crippen LogP contribution in [0, 0.1) is 0 Å². The summed E-state index contributed by atoms with van der Waals surface area (Å²) in [6.07, 6.45) is 0.535. The van der Waals surface area contributed by atoms with Gasteiger partial charge in [-0.15, -0.1) is 0 Å². The zero-order valence-electron chi connectivity index (χ0n) is 16.0. The van der Waals surface area contributed by atoms with E-state index in [9.17, 15) is 8.78 Å². The topological polar surface area (TPSA) is 91.1 Å². The van der Waals surface area contributed by atoms with Crippen LogP contribution in [0.3, 0.4) is 0 Å². The minimum atomic E-state index is -2.57. The summed E-state index contributed by atoms with van der Waals surface area (Å²) >= 11 is 0. The normalized spacial score (nSPS) is 18.2. The molecule has 0 unspecified atom stereocenters. The number of benzene rings is 2. The largest absolute Gasteiger partial charge is 0.491 e. The highest BCUT2D eigenvalue weighted by molar-refractivity contribution is 5.90. The first kappa shape index (κ1) is 17.5. The van der Waals surface area contributed by atoms with Crippen LogP contribution < -0.4 is 15.8 Å². The summed E-state index contributed by atoms with van der Waals surface area (Å²) in [6, 6.07) is 9.33.